The fourth-order valence-electron chi connectivity index (χ4n) is 6.73. The number of hydrogen-bond acceptors (Lipinski definition) is 5. The van der Waals surface area contributed by atoms with Gasteiger partial charge in [-0.3, -0.25) is 9.36 Å². The van der Waals surface area contributed by atoms with Crippen LogP contribution in [-0.4, -0.2) is 113 Å². The van der Waals surface area contributed by atoms with E-state index in [0.29, 0.717) is 30.9 Å². The number of fused-ring (bicyclic) bond motifs is 2. The Morgan fingerprint density at radius 1 is 0.803 bits per heavy atom. The molecule has 7 rings (SSSR count). The monoisotopic (exact) mass is 916 g/mol. The fourth-order valence-corrected chi connectivity index (χ4v) is 6.90. The molecule has 2 atom stereocenters. The summed E-state index contributed by atoms with van der Waals surface area (Å²) >= 11 is 5.70. The van der Waals surface area contributed by atoms with E-state index in [1.807, 2.05) is 10.6 Å². The standard InChI is InChI=1S/C21H18F5N5O2.C15H12ClF3N2O.B11/c1-19(22,23)16-15(27)17(32)31(10-28-16)9-12-4-5-13-14(8-12)29-18(33)30-20(13,21(24,25)26)7-6-11-2-3-11;16-8-10-3-4-11-12(7-10)20-13(22)21-14(11,15(17,18)19)6-5-9-1-2-9;1-7-10(6)11(8(2)3)9(4)5/h4-5,8,10-11H,2-3,9,27H2,1H3,(H2,29,30,33);3-4,7,9H,1-2,8H2,(H2,20,21,22);. The molecule has 2 aliphatic heterocycles. The summed E-state index contributed by atoms with van der Waals surface area (Å²) in [6.45, 7) is 0.323. The van der Waals surface area contributed by atoms with Crippen molar-refractivity contribution in [1.29, 1.82) is 0 Å². The molecule has 13 radical (unpaired) electrons. The second-order valence-electron chi connectivity index (χ2n) is 16.0. The molecule has 3 heterocycles. The van der Waals surface area contributed by atoms with Crippen LogP contribution in [0.5, 0.6) is 0 Å². The van der Waals surface area contributed by atoms with Crippen molar-refractivity contribution in [2.45, 2.75) is 74.4 Å². The zero-order valence-corrected chi connectivity index (χ0v) is 35.6. The Morgan fingerprint density at radius 3 is 1.61 bits per heavy atom. The fraction of sp³-hybridized carbons (Fsp3) is 0.389. The van der Waals surface area contributed by atoms with Crippen LogP contribution in [0.15, 0.2) is 47.5 Å². The number of halogens is 9. The smallest absolute Gasteiger partial charge is 0.393 e. The van der Waals surface area contributed by atoms with Crippen LogP contribution in [0.25, 0.3) is 0 Å². The van der Waals surface area contributed by atoms with Gasteiger partial charge in [0.25, 0.3) is 11.5 Å². The van der Waals surface area contributed by atoms with Gasteiger partial charge in [0, 0.05) is 126 Å². The van der Waals surface area contributed by atoms with Crippen molar-refractivity contribution in [3.8, 4) is 23.7 Å². The van der Waals surface area contributed by atoms with Gasteiger partial charge in [-0.25, -0.2) is 14.6 Å². The molecule has 6 N–H and O–H groups in total. The van der Waals surface area contributed by atoms with E-state index in [2.05, 4.69) is 39.3 Å². The lowest BCUT2D eigenvalue weighted by Gasteiger charge is -2.37. The van der Waals surface area contributed by atoms with E-state index in [9.17, 15) is 49.5 Å². The zero-order chi connectivity index (χ0) is 49.2. The van der Waals surface area contributed by atoms with E-state index < -0.39 is 77.5 Å². The maximum absolute atomic E-state index is 14.1. The van der Waals surface area contributed by atoms with Gasteiger partial charge in [0.15, 0.2) is 0 Å². The van der Waals surface area contributed by atoms with Crippen LogP contribution in [0.1, 0.15) is 60.6 Å². The third-order valence-corrected chi connectivity index (χ3v) is 10.9. The minimum absolute atomic E-state index is 0.0171. The number of nitrogen functional groups attached to an aromatic ring is 1. The molecular weight excluding hydrogens is 885 g/mol. The lowest BCUT2D eigenvalue weighted by Crippen LogP contribution is -2.63. The molecule has 2 saturated carbocycles. The van der Waals surface area contributed by atoms with E-state index in [1.165, 1.54) is 37.4 Å². The number of amides is 4. The largest absolute Gasteiger partial charge is 0.427 e. The van der Waals surface area contributed by atoms with E-state index in [1.54, 1.807) is 0 Å². The van der Waals surface area contributed by atoms with Crippen LogP contribution in [-0.2, 0) is 29.4 Å². The first-order valence-corrected chi connectivity index (χ1v) is 20.5. The van der Waals surface area contributed by atoms with Crippen molar-refractivity contribution in [2.24, 2.45) is 11.8 Å². The van der Waals surface area contributed by atoms with Crippen LogP contribution < -0.4 is 32.6 Å². The summed E-state index contributed by atoms with van der Waals surface area (Å²) in [5, 5.41) is 8.59. The number of rotatable bonds is 8. The third-order valence-electron chi connectivity index (χ3n) is 10.6. The molecule has 3 aromatic rings. The summed E-state index contributed by atoms with van der Waals surface area (Å²) in [6.07, 6.45) is -7.91. The summed E-state index contributed by atoms with van der Waals surface area (Å²) < 4.78 is 112. The Balaban J connectivity index is 0.000000212. The molecule has 66 heavy (non-hydrogen) atoms. The molecule has 0 spiro atoms. The molecule has 323 valence electrons. The van der Waals surface area contributed by atoms with Gasteiger partial charge in [-0.2, -0.15) is 35.1 Å². The summed E-state index contributed by atoms with van der Waals surface area (Å²) in [4.78, 5) is 39.8. The summed E-state index contributed by atoms with van der Waals surface area (Å²) in [6, 6.07) is 5.99. The molecule has 30 heteroatoms. The summed E-state index contributed by atoms with van der Waals surface area (Å²) in [5.41, 5.74) is -2.10. The predicted molar refractivity (Wildman–Crippen MR) is 248 cm³/mol. The number of nitrogens with zero attached hydrogens (tertiary/aromatic N) is 2. The van der Waals surface area contributed by atoms with Crippen LogP contribution in [0.2, 0.25) is 0 Å². The summed E-state index contributed by atoms with van der Waals surface area (Å²) in [5.74, 6) is 6.28. The Labute approximate surface area is 390 Å². The van der Waals surface area contributed by atoms with Crippen LogP contribution in [0.3, 0.4) is 0 Å². The van der Waals surface area contributed by atoms with E-state index in [4.69, 9.17) is 63.8 Å². The average Bonchev–Trinajstić information content (AvgIpc) is 4.16. The number of alkyl halides is 9. The topological polar surface area (TPSA) is 143 Å². The third kappa shape index (κ3) is 11.8. The van der Waals surface area contributed by atoms with Gasteiger partial charge in [0.2, 0.25) is 11.1 Å². The number of nitrogens with one attached hydrogen (secondary N) is 4. The normalized spacial score (nSPS) is 19.4. The van der Waals surface area contributed by atoms with Crippen molar-refractivity contribution >= 4 is 120 Å². The molecule has 2 aromatic carbocycles. The lowest BCUT2D eigenvalue weighted by molar-refractivity contribution is -0.179. The number of nitrogens with two attached hydrogens (primary N) is 1. The number of anilines is 3. The highest BCUT2D eigenvalue weighted by Gasteiger charge is 2.60. The van der Waals surface area contributed by atoms with Crippen molar-refractivity contribution < 1.29 is 44.7 Å². The molecular formula is C36H30B11ClF8N7O3. The van der Waals surface area contributed by atoms with Crippen molar-refractivity contribution in [3.05, 3.63) is 81.0 Å². The quantitative estimate of drug-likeness (QED) is 0.102. The van der Waals surface area contributed by atoms with Gasteiger partial charge >= 0.3 is 24.4 Å². The number of hydrogen-bond donors (Lipinski definition) is 5. The molecule has 4 aliphatic rings. The highest BCUT2D eigenvalue weighted by atomic mass is 35.5. The highest BCUT2D eigenvalue weighted by molar-refractivity contribution is 8.02. The first-order valence-electron chi connectivity index (χ1n) is 19.9. The Kier molecular flexibility index (Phi) is 16.0. The van der Waals surface area contributed by atoms with Gasteiger partial charge in [-0.1, -0.05) is 47.9 Å². The van der Waals surface area contributed by atoms with Crippen molar-refractivity contribution in [3.63, 3.8) is 0 Å². The predicted octanol–water partition coefficient (Wildman–Crippen LogP) is 2.83. The second-order valence-corrected chi connectivity index (χ2v) is 16.2. The average molecular weight is 915 g/mol. The Bertz CT molecular complexity index is 2500. The first-order chi connectivity index (χ1) is 30.7. The molecule has 2 unspecified atom stereocenters. The molecule has 10 nitrogen and oxygen atoms in total. The minimum atomic E-state index is -4.90. The SMILES string of the molecule is CC(F)(F)c1ncn(Cc2ccc3c(c2)NC(=O)NC3(C#CC2CC2)C(F)(F)F)c(=O)c1N.O=C1Nc2cc(CCl)ccc2C(C#CC2CC2)(C(F)(F)F)N1.[B][B]B([B])B(B([B])[B])B([B])[B]. The number of carbonyl (C=O) groups excluding carboxylic acids is 2. The molecule has 1 aromatic heterocycles. The van der Waals surface area contributed by atoms with Gasteiger partial charge in [-0.05, 0) is 48.9 Å². The highest BCUT2D eigenvalue weighted by Crippen LogP contribution is 2.46. The summed E-state index contributed by atoms with van der Waals surface area (Å²) in [7, 11) is 33.5. The van der Waals surface area contributed by atoms with Gasteiger partial charge in [-0.15, -0.1) is 11.6 Å². The van der Waals surface area contributed by atoms with Crippen LogP contribution in [0, 0.1) is 35.5 Å². The van der Waals surface area contributed by atoms with Gasteiger partial charge in [0.1, 0.15) is 11.4 Å². The molecule has 0 bridgehead atoms. The number of aromatic nitrogens is 2. The van der Waals surface area contributed by atoms with Gasteiger partial charge < -0.3 is 27.0 Å². The van der Waals surface area contributed by atoms with Gasteiger partial charge in [0.05, 0.1) is 12.9 Å². The van der Waals surface area contributed by atoms with E-state index >= 15 is 0 Å². The molecule has 0 saturated heterocycles. The second kappa shape index (κ2) is 20.2. The van der Waals surface area contributed by atoms with E-state index in [-0.39, 0.29) is 53.1 Å². The molecule has 2 aliphatic carbocycles. The molecule has 4 amide bonds. The minimum Gasteiger partial charge on any atom is -0.393 e. The Morgan fingerprint density at radius 2 is 1.24 bits per heavy atom. The van der Waals surface area contributed by atoms with Crippen molar-refractivity contribution in [1.82, 2.24) is 20.2 Å². The zero-order valence-electron chi connectivity index (χ0n) is 34.9. The first kappa shape index (κ1) is 52.2. The van der Waals surface area contributed by atoms with Crippen molar-refractivity contribution in [2.75, 3.05) is 16.4 Å². The maximum Gasteiger partial charge on any atom is 0.427 e. The van der Waals surface area contributed by atoms with E-state index in [0.717, 1.165) is 29.8 Å². The van der Waals surface area contributed by atoms with Crippen LogP contribution in [0.4, 0.5) is 61.8 Å². The number of urea groups is 2. The molecule has 2 fully saturated rings. The number of carbonyl (C=O) groups is 2. The Hall–Kier alpha value is -4.78. The van der Waals surface area contributed by atoms with Crippen LogP contribution >= 0.6 is 11.6 Å². The maximum atomic E-state index is 14.1. The number of benzene rings is 2. The lowest BCUT2D eigenvalue weighted by atomic mass is 8.56.